The van der Waals surface area contributed by atoms with Gasteiger partial charge in [-0.25, -0.2) is 28.0 Å². The molecule has 11 nitrogen and oxygen atoms in total. The Hall–Kier alpha value is -3.13. The number of hydrogen-bond donors (Lipinski definition) is 1. The molecule has 39 heavy (non-hydrogen) atoms. The number of thiophene rings is 1. The van der Waals surface area contributed by atoms with Crippen LogP contribution in [0, 0.1) is 5.92 Å². The van der Waals surface area contributed by atoms with Crippen molar-refractivity contribution in [3.8, 4) is 0 Å². The van der Waals surface area contributed by atoms with Crippen molar-refractivity contribution in [1.82, 2.24) is 19.2 Å². The van der Waals surface area contributed by atoms with Gasteiger partial charge in [0.2, 0.25) is 10.0 Å². The molecule has 0 radical (unpaired) electrons. The number of rotatable bonds is 10. The number of carbonyl (C=O) groups excluding carboxylic acids is 2. The minimum absolute atomic E-state index is 0.0253. The van der Waals surface area contributed by atoms with E-state index in [1.54, 1.807) is 12.3 Å². The molecule has 3 aromatic rings. The summed E-state index contributed by atoms with van der Waals surface area (Å²) in [6, 6.07) is 8.45. The summed E-state index contributed by atoms with van der Waals surface area (Å²) in [5.41, 5.74) is 0.741. The number of aromatic nitrogens is 2. The smallest absolute Gasteiger partial charge is 0.349 e. The predicted octanol–water partition coefficient (Wildman–Crippen LogP) is 2.98. The summed E-state index contributed by atoms with van der Waals surface area (Å²) >= 11 is 1.05. The van der Waals surface area contributed by atoms with E-state index in [1.807, 2.05) is 38.1 Å². The zero-order chi connectivity index (χ0) is 28.2. The SMILES string of the molecule is CCOC(=O)[C@@H](Nc1nc(CN2CCN(S(=O)(=O)c3ccsc3C(=O)OC)CC2)nc2ccccc12)C(C)C. The molecule has 1 aromatic carbocycles. The fraction of sp³-hybridized carbons (Fsp3) is 0.462. The first-order valence-electron chi connectivity index (χ1n) is 12.7. The number of ether oxygens (including phenoxy) is 2. The van der Waals surface area contributed by atoms with Crippen molar-refractivity contribution in [2.75, 3.05) is 45.2 Å². The number of benzene rings is 1. The van der Waals surface area contributed by atoms with E-state index in [1.165, 1.54) is 17.5 Å². The highest BCUT2D eigenvalue weighted by Crippen LogP contribution is 2.27. The number of para-hydroxylation sites is 1. The highest BCUT2D eigenvalue weighted by Gasteiger charge is 2.33. The molecule has 1 aliphatic rings. The van der Waals surface area contributed by atoms with Gasteiger partial charge < -0.3 is 14.8 Å². The molecule has 3 heterocycles. The van der Waals surface area contributed by atoms with Crippen LogP contribution < -0.4 is 5.32 Å². The summed E-state index contributed by atoms with van der Waals surface area (Å²) in [7, 11) is -2.61. The summed E-state index contributed by atoms with van der Waals surface area (Å²) in [6.07, 6.45) is 0. The lowest BCUT2D eigenvalue weighted by Gasteiger charge is -2.33. The maximum absolute atomic E-state index is 13.2. The van der Waals surface area contributed by atoms with Crippen molar-refractivity contribution in [2.24, 2.45) is 5.92 Å². The van der Waals surface area contributed by atoms with Crippen molar-refractivity contribution in [3.63, 3.8) is 0 Å². The molecule has 1 N–H and O–H groups in total. The number of piperazine rings is 1. The first-order valence-corrected chi connectivity index (χ1v) is 15.0. The van der Waals surface area contributed by atoms with E-state index in [2.05, 4.69) is 10.2 Å². The van der Waals surface area contributed by atoms with Gasteiger partial charge in [0.1, 0.15) is 27.5 Å². The quantitative estimate of drug-likeness (QED) is 0.360. The van der Waals surface area contributed by atoms with Crippen molar-refractivity contribution in [1.29, 1.82) is 0 Å². The van der Waals surface area contributed by atoms with Crippen LogP contribution in [0.2, 0.25) is 0 Å². The van der Waals surface area contributed by atoms with Gasteiger partial charge in [-0.3, -0.25) is 4.90 Å². The van der Waals surface area contributed by atoms with E-state index < -0.39 is 22.0 Å². The van der Waals surface area contributed by atoms with Crippen LogP contribution in [0.5, 0.6) is 0 Å². The van der Waals surface area contributed by atoms with Crippen molar-refractivity contribution < 1.29 is 27.5 Å². The zero-order valence-corrected chi connectivity index (χ0v) is 24.0. The van der Waals surface area contributed by atoms with E-state index in [9.17, 15) is 18.0 Å². The van der Waals surface area contributed by atoms with Crippen LogP contribution in [0.15, 0.2) is 40.6 Å². The fourth-order valence-corrected chi connectivity index (χ4v) is 7.12. The standard InChI is InChI=1S/C26H33N5O6S2/c1-5-37-25(32)22(17(2)3)29-24-18-8-6-7-9-19(18)27-21(28-24)16-30-11-13-31(14-12-30)39(34,35)20-10-15-38-23(20)26(33)36-4/h6-10,15,17,22H,5,11-14,16H2,1-4H3,(H,27,28,29)/t22-/m0/s1. The normalized spacial score (nSPS) is 15.8. The number of esters is 2. The Kier molecular flexibility index (Phi) is 9.15. The predicted molar refractivity (Wildman–Crippen MR) is 148 cm³/mol. The molecule has 0 spiro atoms. The van der Waals surface area contributed by atoms with Gasteiger partial charge in [-0.2, -0.15) is 4.31 Å². The summed E-state index contributed by atoms with van der Waals surface area (Å²) < 4.78 is 37.9. The number of anilines is 1. The van der Waals surface area contributed by atoms with Crippen LogP contribution in [0.4, 0.5) is 5.82 Å². The number of hydrogen-bond acceptors (Lipinski definition) is 11. The van der Waals surface area contributed by atoms with Crippen molar-refractivity contribution in [2.45, 2.75) is 38.3 Å². The minimum Gasteiger partial charge on any atom is -0.465 e. The zero-order valence-electron chi connectivity index (χ0n) is 22.4. The monoisotopic (exact) mass is 575 g/mol. The van der Waals surface area contributed by atoms with Gasteiger partial charge in [0.05, 0.1) is 25.8 Å². The van der Waals surface area contributed by atoms with Crippen LogP contribution in [0.3, 0.4) is 0 Å². The number of methoxy groups -OCH3 is 1. The van der Waals surface area contributed by atoms with Crippen molar-refractivity contribution in [3.05, 3.63) is 46.4 Å². The third-order valence-corrected chi connectivity index (χ3v) is 9.43. The highest BCUT2D eigenvalue weighted by molar-refractivity contribution is 7.89. The molecule has 210 valence electrons. The van der Waals surface area contributed by atoms with Crippen LogP contribution in [0.25, 0.3) is 10.9 Å². The largest absolute Gasteiger partial charge is 0.465 e. The number of fused-ring (bicyclic) bond motifs is 1. The molecule has 2 aromatic heterocycles. The van der Waals surface area contributed by atoms with Gasteiger partial charge in [-0.15, -0.1) is 11.3 Å². The third kappa shape index (κ3) is 6.38. The van der Waals surface area contributed by atoms with Gasteiger partial charge in [-0.1, -0.05) is 26.0 Å². The topological polar surface area (TPSA) is 131 Å². The van der Waals surface area contributed by atoms with Gasteiger partial charge in [-0.05, 0) is 36.4 Å². The minimum atomic E-state index is -3.84. The molecular formula is C26H33N5O6S2. The van der Waals surface area contributed by atoms with Crippen LogP contribution in [-0.4, -0.2) is 85.5 Å². The lowest BCUT2D eigenvalue weighted by molar-refractivity contribution is -0.145. The van der Waals surface area contributed by atoms with Gasteiger partial charge in [0.25, 0.3) is 0 Å². The Morgan fingerprint density at radius 1 is 1.10 bits per heavy atom. The summed E-state index contributed by atoms with van der Waals surface area (Å²) in [5, 5.41) is 5.65. The van der Waals surface area contributed by atoms with E-state index >= 15 is 0 Å². The average molecular weight is 576 g/mol. The van der Waals surface area contributed by atoms with Gasteiger partial charge in [0, 0.05) is 31.6 Å². The molecule has 1 atom stereocenters. The molecule has 4 rings (SSSR count). The van der Waals surface area contributed by atoms with Gasteiger partial charge in [0.15, 0.2) is 0 Å². The fourth-order valence-electron chi connectivity index (χ4n) is 4.39. The number of nitrogens with one attached hydrogen (secondary N) is 1. The Labute approximate surface area is 232 Å². The molecule has 0 aliphatic carbocycles. The van der Waals surface area contributed by atoms with E-state index in [0.717, 1.165) is 22.2 Å². The number of sulfonamides is 1. The Bertz CT molecular complexity index is 1430. The summed E-state index contributed by atoms with van der Waals surface area (Å²) in [5.74, 6) is 0.0815. The second-order valence-corrected chi connectivity index (χ2v) is 12.2. The van der Waals surface area contributed by atoms with Crippen LogP contribution in [0.1, 0.15) is 36.3 Å². The molecular weight excluding hydrogens is 542 g/mol. The lowest BCUT2D eigenvalue weighted by Crippen LogP contribution is -2.48. The summed E-state index contributed by atoms with van der Waals surface area (Å²) in [4.78, 5) is 36.2. The highest BCUT2D eigenvalue weighted by atomic mass is 32.2. The lowest BCUT2D eigenvalue weighted by atomic mass is 10.0. The Morgan fingerprint density at radius 2 is 1.82 bits per heavy atom. The van der Waals surface area contributed by atoms with Crippen LogP contribution in [-0.2, 0) is 30.8 Å². The molecule has 13 heteroatoms. The van der Waals surface area contributed by atoms with Crippen LogP contribution >= 0.6 is 11.3 Å². The van der Waals surface area contributed by atoms with Crippen molar-refractivity contribution >= 4 is 50.0 Å². The average Bonchev–Trinajstić information content (AvgIpc) is 3.42. The maximum Gasteiger partial charge on any atom is 0.349 e. The second kappa shape index (κ2) is 12.4. The first-order chi connectivity index (χ1) is 18.6. The van der Waals surface area contributed by atoms with E-state index in [4.69, 9.17) is 19.4 Å². The van der Waals surface area contributed by atoms with E-state index in [-0.39, 0.29) is 41.4 Å². The maximum atomic E-state index is 13.2. The van der Waals surface area contributed by atoms with E-state index in [0.29, 0.717) is 31.3 Å². The number of nitrogens with zero attached hydrogens (tertiary/aromatic N) is 4. The molecule has 0 amide bonds. The molecule has 1 aliphatic heterocycles. The Balaban J connectivity index is 1.50. The summed E-state index contributed by atoms with van der Waals surface area (Å²) in [6.45, 7) is 7.80. The molecule has 1 fully saturated rings. The third-order valence-electron chi connectivity index (χ3n) is 6.46. The Morgan fingerprint density at radius 3 is 2.49 bits per heavy atom. The molecule has 1 saturated heterocycles. The molecule has 0 bridgehead atoms. The second-order valence-electron chi connectivity index (χ2n) is 9.41. The number of carbonyl (C=O) groups is 2. The van der Waals surface area contributed by atoms with Gasteiger partial charge >= 0.3 is 11.9 Å². The molecule has 0 saturated carbocycles. The first kappa shape index (κ1) is 28.9. The molecule has 0 unspecified atom stereocenters.